The maximum atomic E-state index is 12.5. The second-order valence-corrected chi connectivity index (χ2v) is 7.20. The van der Waals surface area contributed by atoms with Crippen LogP contribution in [0.4, 0.5) is 5.69 Å². The Labute approximate surface area is 173 Å². The van der Waals surface area contributed by atoms with Crippen molar-refractivity contribution in [2.24, 2.45) is 5.16 Å². The molecule has 0 saturated carbocycles. The van der Waals surface area contributed by atoms with E-state index in [9.17, 15) is 4.79 Å². The number of hydroxylamine groups is 1. The lowest BCUT2D eigenvalue weighted by Crippen LogP contribution is -2.24. The molecule has 150 valence electrons. The Kier molecular flexibility index (Phi) is 7.32. The summed E-state index contributed by atoms with van der Waals surface area (Å²) >= 11 is 1.54. The number of nitrogens with zero attached hydrogens (tertiary/aromatic N) is 2. The van der Waals surface area contributed by atoms with E-state index in [0.717, 1.165) is 27.5 Å². The van der Waals surface area contributed by atoms with Gasteiger partial charge in [0.15, 0.2) is 0 Å². The molecule has 0 unspecified atom stereocenters. The van der Waals surface area contributed by atoms with Crippen molar-refractivity contribution in [2.45, 2.75) is 20.1 Å². The molecule has 1 amide bonds. The first-order valence-corrected chi connectivity index (χ1v) is 9.85. The van der Waals surface area contributed by atoms with Crippen LogP contribution in [0.3, 0.4) is 0 Å². The van der Waals surface area contributed by atoms with E-state index >= 15 is 0 Å². The molecule has 2 N–H and O–H groups in total. The fourth-order valence-electron chi connectivity index (χ4n) is 2.57. The highest BCUT2D eigenvalue weighted by Gasteiger charge is 2.11. The zero-order valence-corrected chi connectivity index (χ0v) is 17.0. The molecule has 2 aromatic carbocycles. The van der Waals surface area contributed by atoms with Crippen LogP contribution < -0.4 is 10.8 Å². The Bertz CT molecular complexity index is 970. The zero-order valence-electron chi connectivity index (χ0n) is 16.2. The van der Waals surface area contributed by atoms with Crippen molar-refractivity contribution in [3.05, 3.63) is 81.3 Å². The first kappa shape index (κ1) is 20.5. The standard InChI is InChI=1S/C21H22N4O3S/c1-15-24-18(14-29-15)13-28-25-21(26)19-5-3-4-6-20(19)22-11-16-7-9-17(10-8-16)12-23-27-2/h3-10,12,14,22H,11,13H2,1-2H3,(H,25,26)/b23-12+. The van der Waals surface area contributed by atoms with Crippen LogP contribution in [0.25, 0.3) is 0 Å². The van der Waals surface area contributed by atoms with Gasteiger partial charge in [-0.1, -0.05) is 41.6 Å². The SMILES string of the molecule is CO/N=C/c1ccc(CNc2ccccc2C(=O)NOCc2csc(C)n2)cc1. The van der Waals surface area contributed by atoms with E-state index in [-0.39, 0.29) is 12.5 Å². The highest BCUT2D eigenvalue weighted by molar-refractivity contribution is 7.09. The van der Waals surface area contributed by atoms with Crippen molar-refractivity contribution in [2.75, 3.05) is 12.4 Å². The van der Waals surface area contributed by atoms with Gasteiger partial charge in [-0.05, 0) is 30.2 Å². The molecule has 0 atom stereocenters. The van der Waals surface area contributed by atoms with Crippen LogP contribution in [0, 0.1) is 6.92 Å². The van der Waals surface area contributed by atoms with Crippen LogP contribution in [0.5, 0.6) is 0 Å². The van der Waals surface area contributed by atoms with Crippen LogP contribution in [-0.4, -0.2) is 24.2 Å². The third-order valence-electron chi connectivity index (χ3n) is 3.99. The maximum Gasteiger partial charge on any atom is 0.276 e. The van der Waals surface area contributed by atoms with Gasteiger partial charge >= 0.3 is 0 Å². The summed E-state index contributed by atoms with van der Waals surface area (Å²) in [6.45, 7) is 2.73. The van der Waals surface area contributed by atoms with Crippen molar-refractivity contribution < 1.29 is 14.5 Å². The summed E-state index contributed by atoms with van der Waals surface area (Å²) in [5.74, 6) is -0.314. The van der Waals surface area contributed by atoms with Gasteiger partial charge < -0.3 is 10.2 Å². The lowest BCUT2D eigenvalue weighted by atomic mass is 10.1. The Hall–Kier alpha value is -3.23. The number of carbonyl (C=O) groups excluding carboxylic acids is 1. The second-order valence-electron chi connectivity index (χ2n) is 6.14. The highest BCUT2D eigenvalue weighted by atomic mass is 32.1. The van der Waals surface area contributed by atoms with Gasteiger partial charge in [0.2, 0.25) is 0 Å². The van der Waals surface area contributed by atoms with Crippen LogP contribution >= 0.6 is 11.3 Å². The largest absolute Gasteiger partial charge is 0.399 e. The Morgan fingerprint density at radius 1 is 1.21 bits per heavy atom. The molecule has 0 radical (unpaired) electrons. The number of rotatable bonds is 9. The average molecular weight is 410 g/mol. The van der Waals surface area contributed by atoms with Gasteiger partial charge in [-0.3, -0.25) is 9.63 Å². The Balaban J connectivity index is 1.56. The minimum Gasteiger partial charge on any atom is -0.399 e. The van der Waals surface area contributed by atoms with Gasteiger partial charge in [0, 0.05) is 17.6 Å². The van der Waals surface area contributed by atoms with E-state index in [1.807, 2.05) is 54.8 Å². The van der Waals surface area contributed by atoms with Gasteiger partial charge in [-0.2, -0.15) is 0 Å². The lowest BCUT2D eigenvalue weighted by molar-refractivity contribution is 0.0224. The number of para-hydroxylation sites is 1. The molecule has 29 heavy (non-hydrogen) atoms. The summed E-state index contributed by atoms with van der Waals surface area (Å²) in [6, 6.07) is 15.2. The number of benzene rings is 2. The van der Waals surface area contributed by atoms with Crippen LogP contribution in [-0.2, 0) is 22.8 Å². The lowest BCUT2D eigenvalue weighted by Gasteiger charge is -2.12. The summed E-state index contributed by atoms with van der Waals surface area (Å²) in [5.41, 5.74) is 6.52. The van der Waals surface area contributed by atoms with Gasteiger partial charge in [0.25, 0.3) is 5.91 Å². The fraction of sp³-hybridized carbons (Fsp3) is 0.190. The fourth-order valence-corrected chi connectivity index (χ4v) is 3.17. The van der Waals surface area contributed by atoms with Crippen molar-refractivity contribution in [3.8, 4) is 0 Å². The number of aromatic nitrogens is 1. The number of anilines is 1. The summed E-state index contributed by atoms with van der Waals surface area (Å²) < 4.78 is 0. The average Bonchev–Trinajstić information content (AvgIpc) is 3.16. The highest BCUT2D eigenvalue weighted by Crippen LogP contribution is 2.17. The molecule has 3 rings (SSSR count). The molecule has 0 spiro atoms. The topological polar surface area (TPSA) is 84.8 Å². The molecule has 0 aliphatic heterocycles. The minimum atomic E-state index is -0.314. The molecule has 8 heteroatoms. The number of nitrogens with one attached hydrogen (secondary N) is 2. The van der Waals surface area contributed by atoms with Crippen LogP contribution in [0.1, 0.15) is 32.2 Å². The number of hydrogen-bond acceptors (Lipinski definition) is 7. The normalized spacial score (nSPS) is 10.8. The molecule has 0 saturated heterocycles. The van der Waals surface area contributed by atoms with E-state index in [1.165, 1.54) is 7.11 Å². The molecule has 0 aliphatic rings. The molecule has 0 aliphatic carbocycles. The number of carbonyl (C=O) groups is 1. The van der Waals surface area contributed by atoms with E-state index in [0.29, 0.717) is 12.1 Å². The summed E-state index contributed by atoms with van der Waals surface area (Å²) in [7, 11) is 1.51. The Morgan fingerprint density at radius 2 is 2.00 bits per heavy atom. The number of hydrogen-bond donors (Lipinski definition) is 2. The first-order valence-electron chi connectivity index (χ1n) is 8.97. The van der Waals surface area contributed by atoms with Gasteiger partial charge in [0.1, 0.15) is 13.7 Å². The van der Waals surface area contributed by atoms with Crippen molar-refractivity contribution in [1.29, 1.82) is 0 Å². The van der Waals surface area contributed by atoms with Gasteiger partial charge in [-0.25, -0.2) is 10.5 Å². The first-order chi connectivity index (χ1) is 14.2. The van der Waals surface area contributed by atoms with E-state index in [2.05, 4.69) is 25.8 Å². The van der Waals surface area contributed by atoms with Crippen molar-refractivity contribution in [1.82, 2.24) is 10.5 Å². The van der Waals surface area contributed by atoms with E-state index < -0.39 is 0 Å². The number of oxime groups is 1. The van der Waals surface area contributed by atoms with E-state index in [1.54, 1.807) is 23.6 Å². The quantitative estimate of drug-likeness (QED) is 0.413. The second kappa shape index (κ2) is 10.4. The molecule has 0 bridgehead atoms. The predicted octanol–water partition coefficient (Wildman–Crippen LogP) is 3.91. The van der Waals surface area contributed by atoms with Crippen molar-refractivity contribution >= 4 is 29.1 Å². The smallest absolute Gasteiger partial charge is 0.276 e. The molecular formula is C21H22N4O3S. The van der Waals surface area contributed by atoms with Crippen LogP contribution in [0.15, 0.2) is 59.1 Å². The van der Waals surface area contributed by atoms with Crippen molar-refractivity contribution in [3.63, 3.8) is 0 Å². The number of thiazole rings is 1. The molecule has 3 aromatic rings. The van der Waals surface area contributed by atoms with Crippen LogP contribution in [0.2, 0.25) is 0 Å². The summed E-state index contributed by atoms with van der Waals surface area (Å²) in [5, 5.41) is 9.91. The van der Waals surface area contributed by atoms with E-state index in [4.69, 9.17) is 4.84 Å². The third kappa shape index (κ3) is 6.13. The predicted molar refractivity (Wildman–Crippen MR) is 114 cm³/mol. The molecule has 1 aromatic heterocycles. The minimum absolute atomic E-state index is 0.227. The summed E-state index contributed by atoms with van der Waals surface area (Å²) in [6.07, 6.45) is 1.64. The molecular weight excluding hydrogens is 388 g/mol. The van der Waals surface area contributed by atoms with Gasteiger partial charge in [0.05, 0.1) is 22.5 Å². The number of aryl methyl sites for hydroxylation is 1. The maximum absolute atomic E-state index is 12.5. The number of amides is 1. The molecule has 1 heterocycles. The third-order valence-corrected chi connectivity index (χ3v) is 4.82. The monoisotopic (exact) mass is 410 g/mol. The zero-order chi connectivity index (χ0) is 20.5. The molecule has 0 fully saturated rings. The molecule has 7 nitrogen and oxygen atoms in total. The van der Waals surface area contributed by atoms with Gasteiger partial charge in [-0.15, -0.1) is 11.3 Å². The summed E-state index contributed by atoms with van der Waals surface area (Å²) in [4.78, 5) is 26.8. The Morgan fingerprint density at radius 3 is 2.72 bits per heavy atom.